The van der Waals surface area contributed by atoms with Gasteiger partial charge in [0.25, 0.3) is 0 Å². The Kier molecular flexibility index (Phi) is 5.55. The molecule has 0 aliphatic carbocycles. The summed E-state index contributed by atoms with van der Waals surface area (Å²) in [5.74, 6) is -0.223. The summed E-state index contributed by atoms with van der Waals surface area (Å²) >= 11 is 0. The minimum atomic E-state index is -3.23. The van der Waals surface area contributed by atoms with Crippen LogP contribution in [0.3, 0.4) is 0 Å². The van der Waals surface area contributed by atoms with Crippen LogP contribution >= 0.6 is 0 Å². The predicted octanol–water partition coefficient (Wildman–Crippen LogP) is -1.23. The zero-order valence-electron chi connectivity index (χ0n) is 11.1. The van der Waals surface area contributed by atoms with Crippen LogP contribution in [0.25, 0.3) is 0 Å². The van der Waals surface area contributed by atoms with Crippen LogP contribution in [0.4, 0.5) is 0 Å². The van der Waals surface area contributed by atoms with Crippen molar-refractivity contribution in [3.63, 3.8) is 0 Å². The summed E-state index contributed by atoms with van der Waals surface area (Å²) in [6.07, 6.45) is 1.09. The molecule has 0 aromatic heterocycles. The lowest BCUT2D eigenvalue weighted by Gasteiger charge is -2.35. The molecule has 1 heterocycles. The van der Waals surface area contributed by atoms with Crippen molar-refractivity contribution in [2.45, 2.75) is 6.92 Å². The SMILES string of the molecule is CC(CN)CN1CCN(C(=O)CS(C)(=O)=O)CC1. The minimum Gasteiger partial charge on any atom is -0.339 e. The van der Waals surface area contributed by atoms with Gasteiger partial charge in [0.05, 0.1) is 0 Å². The van der Waals surface area contributed by atoms with Gasteiger partial charge in [-0.25, -0.2) is 8.42 Å². The van der Waals surface area contributed by atoms with Crippen molar-refractivity contribution in [3.05, 3.63) is 0 Å². The summed E-state index contributed by atoms with van der Waals surface area (Å²) in [5, 5.41) is 0. The van der Waals surface area contributed by atoms with E-state index in [4.69, 9.17) is 5.73 Å². The van der Waals surface area contributed by atoms with Gasteiger partial charge in [-0.2, -0.15) is 0 Å². The van der Waals surface area contributed by atoms with Crippen LogP contribution < -0.4 is 5.73 Å². The zero-order valence-corrected chi connectivity index (χ0v) is 11.9. The Morgan fingerprint density at radius 3 is 2.28 bits per heavy atom. The highest BCUT2D eigenvalue weighted by atomic mass is 32.2. The standard InChI is InChI=1S/C11H23N3O3S/c1-10(7-12)8-13-3-5-14(6-4-13)11(15)9-18(2,16)17/h10H,3-9,12H2,1-2H3. The van der Waals surface area contributed by atoms with E-state index in [2.05, 4.69) is 11.8 Å². The van der Waals surface area contributed by atoms with E-state index >= 15 is 0 Å². The van der Waals surface area contributed by atoms with Crippen molar-refractivity contribution >= 4 is 15.7 Å². The first-order valence-corrected chi connectivity index (χ1v) is 8.26. The van der Waals surface area contributed by atoms with Crippen LogP contribution in [0, 0.1) is 5.92 Å². The molecule has 1 rings (SSSR count). The van der Waals surface area contributed by atoms with Gasteiger partial charge in [0, 0.05) is 39.0 Å². The highest BCUT2D eigenvalue weighted by Crippen LogP contribution is 2.06. The van der Waals surface area contributed by atoms with Gasteiger partial charge in [-0.1, -0.05) is 6.92 Å². The van der Waals surface area contributed by atoms with Crippen LogP contribution in [0.5, 0.6) is 0 Å². The second-order valence-corrected chi connectivity index (χ2v) is 7.23. The summed E-state index contributed by atoms with van der Waals surface area (Å²) in [7, 11) is -3.23. The van der Waals surface area contributed by atoms with Gasteiger partial charge in [-0.3, -0.25) is 9.69 Å². The fourth-order valence-corrected chi connectivity index (χ4v) is 2.64. The smallest absolute Gasteiger partial charge is 0.237 e. The minimum absolute atomic E-state index is 0.288. The highest BCUT2D eigenvalue weighted by Gasteiger charge is 2.23. The molecule has 1 amide bonds. The Bertz CT molecular complexity index is 375. The van der Waals surface area contributed by atoms with Crippen molar-refractivity contribution in [2.24, 2.45) is 11.7 Å². The molecule has 6 nitrogen and oxygen atoms in total. The molecule has 0 spiro atoms. The summed E-state index contributed by atoms with van der Waals surface area (Å²) in [4.78, 5) is 15.6. The molecule has 18 heavy (non-hydrogen) atoms. The summed E-state index contributed by atoms with van der Waals surface area (Å²) in [6, 6.07) is 0. The lowest BCUT2D eigenvalue weighted by atomic mass is 10.1. The van der Waals surface area contributed by atoms with Crippen molar-refractivity contribution < 1.29 is 13.2 Å². The maximum Gasteiger partial charge on any atom is 0.237 e. The summed E-state index contributed by atoms with van der Waals surface area (Å²) in [5.41, 5.74) is 5.58. The first-order valence-electron chi connectivity index (χ1n) is 6.19. The van der Waals surface area contributed by atoms with Gasteiger partial charge >= 0.3 is 0 Å². The largest absolute Gasteiger partial charge is 0.339 e. The van der Waals surface area contributed by atoms with Crippen LogP contribution in [0.2, 0.25) is 0 Å². The third-order valence-corrected chi connectivity index (χ3v) is 3.85. The van der Waals surface area contributed by atoms with E-state index in [1.807, 2.05) is 0 Å². The molecule has 1 fully saturated rings. The number of hydrogen-bond donors (Lipinski definition) is 1. The predicted molar refractivity (Wildman–Crippen MR) is 70.9 cm³/mol. The maximum atomic E-state index is 11.7. The fraction of sp³-hybridized carbons (Fsp3) is 0.909. The number of carbonyl (C=O) groups excluding carboxylic acids is 1. The molecule has 1 aliphatic heterocycles. The number of piperazine rings is 1. The Morgan fingerprint density at radius 1 is 1.28 bits per heavy atom. The lowest BCUT2D eigenvalue weighted by Crippen LogP contribution is -2.51. The normalized spacial score (nSPS) is 19.8. The number of rotatable bonds is 5. The highest BCUT2D eigenvalue weighted by molar-refractivity contribution is 7.91. The monoisotopic (exact) mass is 277 g/mol. The van der Waals surface area contributed by atoms with Crippen molar-refractivity contribution in [1.82, 2.24) is 9.80 Å². The summed E-state index contributed by atoms with van der Waals surface area (Å²) in [6.45, 7) is 6.48. The van der Waals surface area contributed by atoms with E-state index in [1.54, 1.807) is 4.90 Å². The summed E-state index contributed by atoms with van der Waals surface area (Å²) < 4.78 is 22.1. The molecule has 2 N–H and O–H groups in total. The van der Waals surface area contributed by atoms with Gasteiger partial charge in [0.1, 0.15) is 5.75 Å². The van der Waals surface area contributed by atoms with Crippen LogP contribution in [0.15, 0.2) is 0 Å². The molecule has 0 bridgehead atoms. The molecule has 0 radical (unpaired) electrons. The van der Waals surface area contributed by atoms with Crippen LogP contribution in [-0.2, 0) is 14.6 Å². The number of sulfone groups is 1. The topological polar surface area (TPSA) is 83.7 Å². The third kappa shape index (κ3) is 5.32. The van der Waals surface area contributed by atoms with E-state index in [0.717, 1.165) is 25.9 Å². The fourth-order valence-electron chi connectivity index (χ4n) is 2.01. The van der Waals surface area contributed by atoms with E-state index in [-0.39, 0.29) is 11.7 Å². The van der Waals surface area contributed by atoms with E-state index in [9.17, 15) is 13.2 Å². The quantitative estimate of drug-likeness (QED) is 0.680. The maximum absolute atomic E-state index is 11.7. The number of hydrogen-bond acceptors (Lipinski definition) is 5. The number of nitrogens with zero attached hydrogens (tertiary/aromatic N) is 2. The van der Waals surface area contributed by atoms with Crippen molar-refractivity contribution in [3.8, 4) is 0 Å². The van der Waals surface area contributed by atoms with Crippen LogP contribution in [-0.4, -0.2) is 75.4 Å². The van der Waals surface area contributed by atoms with Gasteiger partial charge in [-0.05, 0) is 12.5 Å². The number of amides is 1. The molecular formula is C11H23N3O3S. The van der Waals surface area contributed by atoms with E-state index < -0.39 is 9.84 Å². The lowest BCUT2D eigenvalue weighted by molar-refractivity contribution is -0.130. The molecule has 106 valence electrons. The van der Waals surface area contributed by atoms with Crippen LogP contribution in [0.1, 0.15) is 6.92 Å². The Morgan fingerprint density at radius 2 is 1.83 bits per heavy atom. The van der Waals surface area contributed by atoms with Gasteiger partial charge in [0.2, 0.25) is 5.91 Å². The average molecular weight is 277 g/mol. The van der Waals surface area contributed by atoms with E-state index in [1.165, 1.54) is 0 Å². The molecule has 1 saturated heterocycles. The molecule has 0 saturated carbocycles. The first-order chi connectivity index (χ1) is 8.31. The van der Waals surface area contributed by atoms with E-state index in [0.29, 0.717) is 25.6 Å². The second-order valence-electron chi connectivity index (χ2n) is 5.09. The molecule has 7 heteroatoms. The third-order valence-electron chi connectivity index (χ3n) is 3.08. The number of carbonyl (C=O) groups is 1. The molecule has 1 atom stereocenters. The molecule has 1 aliphatic rings. The number of nitrogens with two attached hydrogens (primary N) is 1. The van der Waals surface area contributed by atoms with Gasteiger partial charge in [0.15, 0.2) is 9.84 Å². The Labute approximate surface area is 109 Å². The Hall–Kier alpha value is -0.660. The van der Waals surface area contributed by atoms with Gasteiger partial charge in [-0.15, -0.1) is 0 Å². The zero-order chi connectivity index (χ0) is 13.8. The molecule has 0 aromatic rings. The second kappa shape index (κ2) is 6.49. The first kappa shape index (κ1) is 15.4. The Balaban J connectivity index is 2.37. The molecule has 1 unspecified atom stereocenters. The van der Waals surface area contributed by atoms with Gasteiger partial charge < -0.3 is 10.6 Å². The molecule has 0 aromatic carbocycles. The average Bonchev–Trinajstić information content (AvgIpc) is 2.27. The van der Waals surface area contributed by atoms with Crippen molar-refractivity contribution in [2.75, 3.05) is 51.3 Å². The molecular weight excluding hydrogens is 254 g/mol. The van der Waals surface area contributed by atoms with Crippen molar-refractivity contribution in [1.29, 1.82) is 0 Å².